The van der Waals surface area contributed by atoms with Crippen molar-refractivity contribution < 1.29 is 13.8 Å². The number of likely N-dealkylation sites (tertiary alicyclic amines) is 1. The van der Waals surface area contributed by atoms with Crippen molar-refractivity contribution in [1.29, 1.82) is 0 Å². The van der Waals surface area contributed by atoms with Gasteiger partial charge in [-0.05, 0) is 66.3 Å². The summed E-state index contributed by atoms with van der Waals surface area (Å²) in [6, 6.07) is 19.5. The second-order valence-electron chi connectivity index (χ2n) is 9.62. The molecule has 2 aliphatic heterocycles. The number of carbonyl (C=O) groups is 2. The molecule has 3 aromatic rings. The molecule has 7 heteroatoms. The largest absolute Gasteiger partial charge is 0.338 e. The Morgan fingerprint density at radius 1 is 0.971 bits per heavy atom. The lowest BCUT2D eigenvalue weighted by molar-refractivity contribution is 0.0623. The van der Waals surface area contributed by atoms with Crippen molar-refractivity contribution in [3.8, 4) is 0 Å². The number of carbonyl (C=O) groups excluding carboxylic acids is 2. The molecule has 0 aliphatic carbocycles. The summed E-state index contributed by atoms with van der Waals surface area (Å²) in [4.78, 5) is 31.8. The SMILES string of the molecule is C[C@@H]1C[C@@H](C)CN(C(=O)c2ccc3c(c2)N(Cc2ccc(Cl)cc2)C(=O)c2ccccc2[S@@]3=O)C1. The molecule has 0 saturated carbocycles. The van der Waals surface area contributed by atoms with Gasteiger partial charge in [-0.2, -0.15) is 0 Å². The van der Waals surface area contributed by atoms with E-state index in [4.69, 9.17) is 11.6 Å². The summed E-state index contributed by atoms with van der Waals surface area (Å²) >= 11 is 6.06. The number of hydrogen-bond donors (Lipinski definition) is 0. The van der Waals surface area contributed by atoms with Gasteiger partial charge in [0.15, 0.2) is 0 Å². The summed E-state index contributed by atoms with van der Waals surface area (Å²) in [5.41, 5.74) is 2.29. The zero-order valence-electron chi connectivity index (χ0n) is 19.7. The number of piperidine rings is 1. The second-order valence-corrected chi connectivity index (χ2v) is 11.5. The summed E-state index contributed by atoms with van der Waals surface area (Å²) < 4.78 is 13.6. The van der Waals surface area contributed by atoms with Gasteiger partial charge in [0.05, 0.1) is 38.4 Å². The molecule has 3 aromatic carbocycles. The number of anilines is 1. The molecule has 2 aliphatic rings. The Bertz CT molecular complexity index is 1310. The van der Waals surface area contributed by atoms with Crippen LogP contribution in [0.1, 0.15) is 46.5 Å². The van der Waals surface area contributed by atoms with Crippen LogP contribution in [0.3, 0.4) is 0 Å². The van der Waals surface area contributed by atoms with Gasteiger partial charge in [-0.3, -0.25) is 9.59 Å². The molecule has 1 fully saturated rings. The van der Waals surface area contributed by atoms with E-state index < -0.39 is 10.8 Å². The van der Waals surface area contributed by atoms with E-state index in [1.54, 1.807) is 59.5 Å². The number of amides is 2. The lowest BCUT2D eigenvalue weighted by Gasteiger charge is -2.35. The van der Waals surface area contributed by atoms with E-state index in [1.807, 2.05) is 17.0 Å². The van der Waals surface area contributed by atoms with Gasteiger partial charge in [-0.15, -0.1) is 0 Å². The third-order valence-corrected chi connectivity index (χ3v) is 8.42. The van der Waals surface area contributed by atoms with Crippen LogP contribution in [0.5, 0.6) is 0 Å². The highest BCUT2D eigenvalue weighted by Gasteiger charge is 2.33. The zero-order chi connectivity index (χ0) is 24.7. The van der Waals surface area contributed by atoms with Gasteiger partial charge in [-0.25, -0.2) is 4.21 Å². The third-order valence-electron chi connectivity index (χ3n) is 6.67. The van der Waals surface area contributed by atoms with E-state index in [0.717, 1.165) is 12.0 Å². The predicted molar refractivity (Wildman–Crippen MR) is 138 cm³/mol. The maximum atomic E-state index is 13.8. The first kappa shape index (κ1) is 23.8. The topological polar surface area (TPSA) is 57.7 Å². The molecule has 180 valence electrons. The molecule has 2 amide bonds. The van der Waals surface area contributed by atoms with Crippen LogP contribution in [-0.4, -0.2) is 34.0 Å². The molecule has 0 spiro atoms. The number of hydrogen-bond acceptors (Lipinski definition) is 3. The molecule has 0 unspecified atom stereocenters. The Balaban J connectivity index is 1.60. The molecule has 0 aromatic heterocycles. The van der Waals surface area contributed by atoms with Crippen LogP contribution in [0.25, 0.3) is 0 Å². The minimum atomic E-state index is -1.56. The average Bonchev–Trinajstić information content (AvgIpc) is 2.93. The van der Waals surface area contributed by atoms with Gasteiger partial charge in [0.1, 0.15) is 0 Å². The first-order valence-corrected chi connectivity index (χ1v) is 13.3. The quantitative estimate of drug-likeness (QED) is 0.452. The summed E-state index contributed by atoms with van der Waals surface area (Å²) in [7, 11) is -1.56. The van der Waals surface area contributed by atoms with Crippen LogP contribution in [-0.2, 0) is 17.3 Å². The third kappa shape index (κ3) is 4.65. The van der Waals surface area contributed by atoms with Gasteiger partial charge in [-0.1, -0.05) is 49.7 Å². The smallest absolute Gasteiger partial charge is 0.259 e. The number of fused-ring (bicyclic) bond motifs is 2. The van der Waals surface area contributed by atoms with Gasteiger partial charge < -0.3 is 9.80 Å². The zero-order valence-corrected chi connectivity index (χ0v) is 21.3. The van der Waals surface area contributed by atoms with E-state index in [2.05, 4.69) is 13.8 Å². The van der Waals surface area contributed by atoms with Crippen molar-refractivity contribution in [3.05, 3.63) is 88.4 Å². The Kier molecular flexibility index (Phi) is 6.51. The van der Waals surface area contributed by atoms with Crippen LogP contribution >= 0.6 is 11.6 Å². The molecule has 35 heavy (non-hydrogen) atoms. The first-order chi connectivity index (χ1) is 16.8. The van der Waals surface area contributed by atoms with Crippen LogP contribution in [0.2, 0.25) is 5.02 Å². The normalized spacial score (nSPS) is 21.8. The highest BCUT2D eigenvalue weighted by molar-refractivity contribution is 7.85. The maximum absolute atomic E-state index is 13.8. The summed E-state index contributed by atoms with van der Waals surface area (Å²) in [5.74, 6) is 0.576. The minimum Gasteiger partial charge on any atom is -0.338 e. The number of rotatable bonds is 3. The number of halogens is 1. The van der Waals surface area contributed by atoms with Gasteiger partial charge in [0, 0.05) is 23.7 Å². The van der Waals surface area contributed by atoms with Crippen LogP contribution in [0, 0.1) is 11.8 Å². The molecule has 5 rings (SSSR count). The van der Waals surface area contributed by atoms with Gasteiger partial charge >= 0.3 is 0 Å². The van der Waals surface area contributed by atoms with Crippen molar-refractivity contribution in [1.82, 2.24) is 4.90 Å². The number of benzene rings is 3. The predicted octanol–water partition coefficient (Wildman–Crippen LogP) is 5.79. The van der Waals surface area contributed by atoms with Crippen LogP contribution < -0.4 is 4.90 Å². The molecule has 0 bridgehead atoms. The van der Waals surface area contributed by atoms with Crippen molar-refractivity contribution in [2.75, 3.05) is 18.0 Å². The highest BCUT2D eigenvalue weighted by Crippen LogP contribution is 2.36. The molecule has 1 saturated heterocycles. The standard InChI is InChI=1S/C28H27ClN2O3S/c1-18-13-19(2)16-30(15-18)27(32)21-9-12-26-24(14-21)31(17-20-7-10-22(29)11-8-20)28(33)23-5-3-4-6-25(23)35(26)34/h3-12,14,18-19H,13,15-17H2,1-2H3/t18-,19-,35+/m1/s1. The Hall–Kier alpha value is -2.96. The Morgan fingerprint density at radius 3 is 2.37 bits per heavy atom. The maximum Gasteiger partial charge on any atom is 0.259 e. The van der Waals surface area contributed by atoms with Gasteiger partial charge in [0.25, 0.3) is 11.8 Å². The van der Waals surface area contributed by atoms with E-state index in [9.17, 15) is 13.8 Å². The van der Waals surface area contributed by atoms with Crippen molar-refractivity contribution in [2.45, 2.75) is 36.6 Å². The summed E-state index contributed by atoms with van der Waals surface area (Å²) in [6.07, 6.45) is 1.11. The van der Waals surface area contributed by atoms with Crippen molar-refractivity contribution >= 4 is 39.9 Å². The van der Waals surface area contributed by atoms with Crippen molar-refractivity contribution in [2.24, 2.45) is 11.8 Å². The second kappa shape index (κ2) is 9.59. The van der Waals surface area contributed by atoms with E-state index in [-0.39, 0.29) is 18.4 Å². The summed E-state index contributed by atoms with van der Waals surface area (Å²) in [6.45, 7) is 6.03. The lowest BCUT2D eigenvalue weighted by atomic mass is 9.91. The molecule has 2 heterocycles. The van der Waals surface area contributed by atoms with E-state index in [1.165, 1.54) is 0 Å². The molecule has 3 atom stereocenters. The number of nitrogens with zero attached hydrogens (tertiary/aromatic N) is 2. The van der Waals surface area contributed by atoms with Gasteiger partial charge in [0.2, 0.25) is 0 Å². The summed E-state index contributed by atoms with van der Waals surface area (Å²) in [5, 5.41) is 0.612. The highest BCUT2D eigenvalue weighted by atomic mass is 35.5. The van der Waals surface area contributed by atoms with Crippen LogP contribution in [0.15, 0.2) is 76.5 Å². The van der Waals surface area contributed by atoms with E-state index >= 15 is 0 Å². The fraction of sp³-hybridized carbons (Fsp3) is 0.286. The Morgan fingerprint density at radius 2 is 1.66 bits per heavy atom. The fourth-order valence-electron chi connectivity index (χ4n) is 5.14. The van der Waals surface area contributed by atoms with Crippen molar-refractivity contribution in [3.63, 3.8) is 0 Å². The molecular weight excluding hydrogens is 480 g/mol. The van der Waals surface area contributed by atoms with Crippen LogP contribution in [0.4, 0.5) is 5.69 Å². The van der Waals surface area contributed by atoms with E-state index in [0.29, 0.717) is 56.6 Å². The Labute approximate surface area is 213 Å². The first-order valence-electron chi connectivity index (χ1n) is 11.8. The lowest BCUT2D eigenvalue weighted by Crippen LogP contribution is -2.42. The molecule has 0 N–H and O–H groups in total. The minimum absolute atomic E-state index is 0.0577. The fourth-order valence-corrected chi connectivity index (χ4v) is 6.61. The monoisotopic (exact) mass is 506 g/mol. The molecule has 0 radical (unpaired) electrons. The molecule has 5 nitrogen and oxygen atoms in total. The molecular formula is C28H27ClN2O3S. The average molecular weight is 507 g/mol.